The quantitative estimate of drug-likeness (QED) is 0.590. The summed E-state index contributed by atoms with van der Waals surface area (Å²) in [6.45, 7) is 4.00. The van der Waals surface area contributed by atoms with Gasteiger partial charge in [0.2, 0.25) is 0 Å². The summed E-state index contributed by atoms with van der Waals surface area (Å²) in [6.07, 6.45) is 9.68. The van der Waals surface area contributed by atoms with Crippen molar-refractivity contribution < 1.29 is 8.42 Å². The van der Waals surface area contributed by atoms with Crippen LogP contribution < -0.4 is 5.32 Å². The molecule has 18 heavy (non-hydrogen) atoms. The topological polar surface area (TPSA) is 46.2 Å². The molecule has 1 aliphatic rings. The standard InChI is InChI=1S/C14H29NO2S/c1-2-3-4-5-6-7-8-9-10-18(16,17)13-14-11-15-12-14/h14-15H,2-13H2,1H3. The van der Waals surface area contributed by atoms with E-state index in [1.165, 1.54) is 38.5 Å². The lowest BCUT2D eigenvalue weighted by atomic mass is 10.1. The molecular weight excluding hydrogens is 246 g/mol. The molecule has 0 amide bonds. The molecule has 1 rings (SSSR count). The molecule has 1 aliphatic heterocycles. The Morgan fingerprint density at radius 2 is 1.50 bits per heavy atom. The van der Waals surface area contributed by atoms with Crippen LogP contribution in [0.25, 0.3) is 0 Å². The monoisotopic (exact) mass is 275 g/mol. The molecule has 0 aliphatic carbocycles. The van der Waals surface area contributed by atoms with Gasteiger partial charge in [-0.25, -0.2) is 8.42 Å². The molecule has 0 aromatic rings. The summed E-state index contributed by atoms with van der Waals surface area (Å²) < 4.78 is 23.6. The first-order valence-corrected chi connectivity index (χ1v) is 9.37. The maximum absolute atomic E-state index is 11.8. The van der Waals surface area contributed by atoms with E-state index in [9.17, 15) is 8.42 Å². The Kier molecular flexibility index (Phi) is 7.91. The number of unbranched alkanes of at least 4 members (excludes halogenated alkanes) is 7. The largest absolute Gasteiger partial charge is 0.316 e. The Labute approximate surface area is 113 Å². The second kappa shape index (κ2) is 8.92. The van der Waals surface area contributed by atoms with Gasteiger partial charge in [0.25, 0.3) is 0 Å². The van der Waals surface area contributed by atoms with Gasteiger partial charge in [0.15, 0.2) is 9.84 Å². The van der Waals surface area contributed by atoms with Crippen molar-refractivity contribution in [1.29, 1.82) is 0 Å². The van der Waals surface area contributed by atoms with Crippen molar-refractivity contribution in [1.82, 2.24) is 5.32 Å². The molecule has 1 N–H and O–H groups in total. The molecule has 0 radical (unpaired) electrons. The van der Waals surface area contributed by atoms with E-state index in [2.05, 4.69) is 12.2 Å². The van der Waals surface area contributed by atoms with Crippen LogP contribution in [0.3, 0.4) is 0 Å². The van der Waals surface area contributed by atoms with Crippen molar-refractivity contribution in [3.63, 3.8) is 0 Å². The third-order valence-electron chi connectivity index (χ3n) is 3.66. The zero-order valence-electron chi connectivity index (χ0n) is 11.8. The molecule has 0 saturated carbocycles. The molecular formula is C14H29NO2S. The molecule has 0 spiro atoms. The highest BCUT2D eigenvalue weighted by Crippen LogP contribution is 2.12. The minimum atomic E-state index is -2.78. The number of nitrogens with one attached hydrogen (secondary N) is 1. The lowest BCUT2D eigenvalue weighted by molar-refractivity contribution is 0.378. The minimum absolute atomic E-state index is 0.379. The van der Waals surface area contributed by atoms with E-state index in [-0.39, 0.29) is 0 Å². The van der Waals surface area contributed by atoms with E-state index in [1.54, 1.807) is 0 Å². The Balaban J connectivity index is 1.92. The second-order valence-electron chi connectivity index (χ2n) is 5.61. The summed E-state index contributed by atoms with van der Waals surface area (Å²) in [6, 6.07) is 0. The Morgan fingerprint density at radius 1 is 0.944 bits per heavy atom. The van der Waals surface area contributed by atoms with Crippen LogP contribution in [0.1, 0.15) is 58.3 Å². The predicted molar refractivity (Wildman–Crippen MR) is 77.6 cm³/mol. The van der Waals surface area contributed by atoms with Crippen LogP contribution in [0.5, 0.6) is 0 Å². The van der Waals surface area contributed by atoms with Crippen LogP contribution in [-0.2, 0) is 9.84 Å². The van der Waals surface area contributed by atoms with Gasteiger partial charge >= 0.3 is 0 Å². The van der Waals surface area contributed by atoms with Crippen molar-refractivity contribution in [3.8, 4) is 0 Å². The summed E-state index contributed by atoms with van der Waals surface area (Å²) in [7, 11) is -2.78. The summed E-state index contributed by atoms with van der Waals surface area (Å²) in [5.74, 6) is 1.18. The highest BCUT2D eigenvalue weighted by atomic mass is 32.2. The van der Waals surface area contributed by atoms with Gasteiger partial charge in [-0.3, -0.25) is 0 Å². The Bertz CT molecular complexity index is 297. The first-order chi connectivity index (χ1) is 8.64. The summed E-state index contributed by atoms with van der Waals surface area (Å²) in [5, 5.41) is 3.12. The van der Waals surface area contributed by atoms with Crippen LogP contribution >= 0.6 is 0 Å². The molecule has 4 heteroatoms. The zero-order chi connectivity index (χ0) is 13.3. The van der Waals surface area contributed by atoms with Gasteiger partial charge in [0.1, 0.15) is 0 Å². The van der Waals surface area contributed by atoms with E-state index in [0.717, 1.165) is 25.9 Å². The van der Waals surface area contributed by atoms with Gasteiger partial charge in [0, 0.05) is 13.1 Å². The highest BCUT2D eigenvalue weighted by molar-refractivity contribution is 7.91. The van der Waals surface area contributed by atoms with E-state index >= 15 is 0 Å². The Hall–Kier alpha value is -0.0900. The summed E-state index contributed by atoms with van der Waals surface area (Å²) in [5.41, 5.74) is 0. The van der Waals surface area contributed by atoms with E-state index in [4.69, 9.17) is 0 Å². The normalized spacial score (nSPS) is 16.7. The first kappa shape index (κ1) is 16.0. The predicted octanol–water partition coefficient (Wildman–Crippen LogP) is 2.76. The van der Waals surface area contributed by atoms with E-state index in [0.29, 0.717) is 17.4 Å². The van der Waals surface area contributed by atoms with Crippen molar-refractivity contribution in [2.75, 3.05) is 24.6 Å². The van der Waals surface area contributed by atoms with Crippen molar-refractivity contribution in [3.05, 3.63) is 0 Å². The minimum Gasteiger partial charge on any atom is -0.316 e. The maximum atomic E-state index is 11.8. The van der Waals surface area contributed by atoms with Gasteiger partial charge in [0.05, 0.1) is 11.5 Å². The average Bonchev–Trinajstić information content (AvgIpc) is 2.28. The van der Waals surface area contributed by atoms with Crippen LogP contribution in [0, 0.1) is 5.92 Å². The Morgan fingerprint density at radius 3 is 2.00 bits per heavy atom. The van der Waals surface area contributed by atoms with Crippen LogP contribution in [0.2, 0.25) is 0 Å². The van der Waals surface area contributed by atoms with Gasteiger partial charge in [-0.2, -0.15) is 0 Å². The smallest absolute Gasteiger partial charge is 0.150 e. The molecule has 108 valence electrons. The van der Waals surface area contributed by atoms with Crippen LogP contribution in [0.4, 0.5) is 0 Å². The van der Waals surface area contributed by atoms with Gasteiger partial charge in [-0.15, -0.1) is 0 Å². The third kappa shape index (κ3) is 7.37. The van der Waals surface area contributed by atoms with Gasteiger partial charge < -0.3 is 5.32 Å². The van der Waals surface area contributed by atoms with E-state index in [1.807, 2.05) is 0 Å². The fourth-order valence-electron chi connectivity index (χ4n) is 2.36. The molecule has 1 saturated heterocycles. The van der Waals surface area contributed by atoms with Gasteiger partial charge in [-0.05, 0) is 12.3 Å². The molecule has 1 heterocycles. The van der Waals surface area contributed by atoms with E-state index < -0.39 is 9.84 Å². The summed E-state index contributed by atoms with van der Waals surface area (Å²) >= 11 is 0. The second-order valence-corrected chi connectivity index (χ2v) is 7.84. The molecule has 0 bridgehead atoms. The summed E-state index contributed by atoms with van der Waals surface area (Å²) in [4.78, 5) is 0. The van der Waals surface area contributed by atoms with Crippen molar-refractivity contribution in [2.24, 2.45) is 5.92 Å². The number of rotatable bonds is 11. The lowest BCUT2D eigenvalue weighted by Gasteiger charge is -2.26. The number of hydrogen-bond donors (Lipinski definition) is 1. The van der Waals surface area contributed by atoms with Crippen molar-refractivity contribution in [2.45, 2.75) is 58.3 Å². The molecule has 0 unspecified atom stereocenters. The average molecular weight is 275 g/mol. The third-order valence-corrected chi connectivity index (χ3v) is 5.55. The SMILES string of the molecule is CCCCCCCCCCS(=O)(=O)CC1CNC1. The zero-order valence-corrected chi connectivity index (χ0v) is 12.6. The highest BCUT2D eigenvalue weighted by Gasteiger charge is 2.23. The van der Waals surface area contributed by atoms with Gasteiger partial charge in [-0.1, -0.05) is 51.9 Å². The molecule has 0 aromatic carbocycles. The molecule has 0 atom stereocenters. The number of sulfone groups is 1. The maximum Gasteiger partial charge on any atom is 0.150 e. The first-order valence-electron chi connectivity index (χ1n) is 7.55. The number of hydrogen-bond acceptors (Lipinski definition) is 3. The van der Waals surface area contributed by atoms with Crippen LogP contribution in [0.15, 0.2) is 0 Å². The fraction of sp³-hybridized carbons (Fsp3) is 1.00. The molecule has 0 aromatic heterocycles. The van der Waals surface area contributed by atoms with Crippen molar-refractivity contribution >= 4 is 9.84 Å². The molecule has 1 fully saturated rings. The lowest BCUT2D eigenvalue weighted by Crippen LogP contribution is -2.45. The fourth-order valence-corrected chi connectivity index (χ4v) is 4.13. The van der Waals surface area contributed by atoms with Crippen LogP contribution in [-0.4, -0.2) is 33.0 Å². The molecule has 3 nitrogen and oxygen atoms in total.